The van der Waals surface area contributed by atoms with Gasteiger partial charge >= 0.3 is 0 Å². The monoisotopic (exact) mass is 564 g/mol. The Hall–Kier alpha value is -3.30. The van der Waals surface area contributed by atoms with Crippen LogP contribution in [0, 0.1) is 19.8 Å². The number of aryl methyl sites for hydroxylation is 2. The molecule has 1 atom stereocenters. The average Bonchev–Trinajstić information content (AvgIpc) is 3.50. The first-order valence-electron chi connectivity index (χ1n) is 15.2. The number of nitrogens with zero attached hydrogens (tertiary/aromatic N) is 3. The second-order valence-corrected chi connectivity index (χ2v) is 11.5. The van der Waals surface area contributed by atoms with E-state index in [2.05, 4.69) is 39.0 Å². The van der Waals surface area contributed by atoms with E-state index in [0.717, 1.165) is 53.4 Å². The van der Waals surface area contributed by atoms with Crippen LogP contribution in [0.3, 0.4) is 0 Å². The second-order valence-electron chi connectivity index (χ2n) is 10.9. The van der Waals surface area contributed by atoms with Crippen molar-refractivity contribution in [3.8, 4) is 11.1 Å². The van der Waals surface area contributed by atoms with Gasteiger partial charge < -0.3 is 19.6 Å². The normalized spacial score (nSPS) is 19.7. The Morgan fingerprint density at radius 1 is 1.25 bits per heavy atom. The summed E-state index contributed by atoms with van der Waals surface area (Å²) in [7, 11) is 3.64. The molecule has 0 radical (unpaired) electrons. The van der Waals surface area contributed by atoms with Gasteiger partial charge in [0.15, 0.2) is 0 Å². The smallest absolute Gasteiger partial charge is 0.254 e. The van der Waals surface area contributed by atoms with Gasteiger partial charge in [-0.2, -0.15) is 5.10 Å². The minimum absolute atomic E-state index is 0.0994. The number of ether oxygens (including phenoxy) is 1. The van der Waals surface area contributed by atoms with Gasteiger partial charge in [0.25, 0.3) is 11.5 Å². The zero-order valence-corrected chi connectivity index (χ0v) is 24.5. The number of hydrogen-bond donors (Lipinski definition) is 2. The van der Waals surface area contributed by atoms with Gasteiger partial charge in [0.2, 0.25) is 0 Å². The fourth-order valence-corrected chi connectivity index (χ4v) is 6.75. The number of methoxy groups -OCH3 is 1. The number of thioether (sulfide) groups is 1. The standard InChI is InChI=1S/C31H39N5O3S/c1-18-13-28(40-6)26(30(37)34-18)16-32-31(38)29-20(3)36(19(2)21-7-10-24(39-5)11-8-21)27-12-9-22(14-25(27)29)23-15-33-35(4)17-23/h9,12-15,17,19,21,24H,7-8,10-11,16H2,1-6H3,(H,32,38)(H,34,37)/i6D3. The molecule has 1 aromatic carbocycles. The molecule has 4 aromatic rings. The fraction of sp³-hybridized carbons (Fsp3) is 0.452. The van der Waals surface area contributed by atoms with E-state index in [4.69, 9.17) is 8.85 Å². The Kier molecular flexibility index (Phi) is 7.14. The van der Waals surface area contributed by atoms with Crippen LogP contribution >= 0.6 is 11.8 Å². The van der Waals surface area contributed by atoms with Crippen molar-refractivity contribution in [2.75, 3.05) is 13.3 Å². The number of benzene rings is 1. The van der Waals surface area contributed by atoms with Crippen LogP contribution in [-0.2, 0) is 18.3 Å². The number of fused-ring (bicyclic) bond motifs is 1. The van der Waals surface area contributed by atoms with Crippen molar-refractivity contribution in [3.63, 3.8) is 0 Å². The maximum absolute atomic E-state index is 14.0. The summed E-state index contributed by atoms with van der Waals surface area (Å²) in [6, 6.07) is 7.98. The van der Waals surface area contributed by atoms with Crippen molar-refractivity contribution in [1.82, 2.24) is 24.6 Å². The lowest BCUT2D eigenvalue weighted by Gasteiger charge is -2.33. The van der Waals surface area contributed by atoms with E-state index >= 15 is 0 Å². The summed E-state index contributed by atoms with van der Waals surface area (Å²) in [6.45, 7) is 5.81. The summed E-state index contributed by atoms with van der Waals surface area (Å²) >= 11 is 0.644. The molecule has 0 bridgehead atoms. The maximum atomic E-state index is 14.0. The van der Waals surface area contributed by atoms with Crippen LogP contribution in [0.25, 0.3) is 22.0 Å². The Morgan fingerprint density at radius 3 is 2.70 bits per heavy atom. The molecule has 1 aliphatic rings. The van der Waals surface area contributed by atoms with E-state index in [1.807, 2.05) is 26.2 Å². The molecule has 212 valence electrons. The molecule has 1 amide bonds. The number of amides is 1. The number of hydrogen-bond acceptors (Lipinski definition) is 5. The Bertz CT molecular complexity index is 1700. The molecule has 1 saturated carbocycles. The molecule has 0 saturated heterocycles. The van der Waals surface area contributed by atoms with Crippen LogP contribution in [0.15, 0.2) is 46.3 Å². The molecule has 3 aromatic heterocycles. The van der Waals surface area contributed by atoms with Gasteiger partial charge in [0.1, 0.15) is 0 Å². The van der Waals surface area contributed by atoms with Gasteiger partial charge in [-0.25, -0.2) is 0 Å². The topological polar surface area (TPSA) is 93.9 Å². The van der Waals surface area contributed by atoms with Crippen LogP contribution in [-0.4, -0.2) is 44.6 Å². The van der Waals surface area contributed by atoms with Crippen molar-refractivity contribution in [3.05, 3.63) is 69.5 Å². The molecule has 0 spiro atoms. The van der Waals surface area contributed by atoms with Gasteiger partial charge in [0.05, 0.1) is 17.9 Å². The molecule has 3 heterocycles. The minimum atomic E-state index is -2.33. The zero-order valence-electron chi connectivity index (χ0n) is 26.7. The fourth-order valence-electron chi connectivity index (χ4n) is 6.22. The highest BCUT2D eigenvalue weighted by Gasteiger charge is 2.30. The van der Waals surface area contributed by atoms with E-state index in [1.165, 1.54) is 0 Å². The molecule has 40 heavy (non-hydrogen) atoms. The van der Waals surface area contributed by atoms with Crippen molar-refractivity contribution >= 4 is 28.6 Å². The molecule has 5 rings (SSSR count). The quantitative estimate of drug-likeness (QED) is 0.265. The molecule has 2 N–H and O–H groups in total. The first kappa shape index (κ1) is 24.5. The zero-order chi connectivity index (χ0) is 31.1. The van der Waals surface area contributed by atoms with Gasteiger partial charge in [-0.15, -0.1) is 11.8 Å². The lowest BCUT2D eigenvalue weighted by molar-refractivity contribution is 0.0492. The van der Waals surface area contributed by atoms with Crippen LogP contribution in [0.2, 0.25) is 0 Å². The van der Waals surface area contributed by atoms with Crippen molar-refractivity contribution < 1.29 is 13.6 Å². The molecule has 8 nitrogen and oxygen atoms in total. The number of pyridine rings is 1. The highest BCUT2D eigenvalue weighted by molar-refractivity contribution is 7.98. The third kappa shape index (κ3) is 5.37. The highest BCUT2D eigenvalue weighted by atomic mass is 32.2. The van der Waals surface area contributed by atoms with Crippen molar-refractivity contribution in [2.45, 2.75) is 70.0 Å². The van der Waals surface area contributed by atoms with E-state index in [9.17, 15) is 9.59 Å². The highest BCUT2D eigenvalue weighted by Crippen LogP contribution is 2.39. The summed E-state index contributed by atoms with van der Waals surface area (Å²) in [5.74, 6) is 0.130. The molecule has 9 heteroatoms. The van der Waals surface area contributed by atoms with Crippen LogP contribution in [0.4, 0.5) is 0 Å². The molecular weight excluding hydrogens is 522 g/mol. The third-order valence-electron chi connectivity index (χ3n) is 8.42. The van der Waals surface area contributed by atoms with Gasteiger partial charge in [-0.3, -0.25) is 14.3 Å². The first-order valence-corrected chi connectivity index (χ1v) is 14.5. The summed E-state index contributed by atoms with van der Waals surface area (Å²) in [5, 5.41) is 8.08. The first-order chi connectivity index (χ1) is 20.4. The summed E-state index contributed by atoms with van der Waals surface area (Å²) in [4.78, 5) is 29.9. The second kappa shape index (κ2) is 11.7. The number of carbonyl (C=O) groups excluding carboxylic acids is 1. The number of aromatic nitrogens is 4. The summed E-state index contributed by atoms with van der Waals surface area (Å²) in [5.41, 5.74) is 4.65. The summed E-state index contributed by atoms with van der Waals surface area (Å²) in [6.07, 6.45) is 5.85. The number of nitrogens with one attached hydrogen (secondary N) is 2. The predicted molar refractivity (Wildman–Crippen MR) is 161 cm³/mol. The van der Waals surface area contributed by atoms with Crippen molar-refractivity contribution in [1.29, 1.82) is 0 Å². The average molecular weight is 565 g/mol. The minimum Gasteiger partial charge on any atom is -0.381 e. The molecule has 1 unspecified atom stereocenters. The van der Waals surface area contributed by atoms with Crippen molar-refractivity contribution in [2.24, 2.45) is 13.0 Å². The van der Waals surface area contributed by atoms with Crippen LogP contribution in [0.5, 0.6) is 0 Å². The molecule has 0 aliphatic heterocycles. The number of rotatable bonds is 8. The Morgan fingerprint density at radius 2 is 2.02 bits per heavy atom. The SMILES string of the molecule is [2H]C([2H])([2H])Sc1cc(C)[nH]c(=O)c1CNC(=O)c1c(C)n(C(C)C2CCC(OC)CC2)c2ccc(-c3cnn(C)c3)cc12. The van der Waals surface area contributed by atoms with Gasteiger partial charge in [0, 0.05) is 75.4 Å². The van der Waals surface area contributed by atoms with Gasteiger partial charge in [-0.1, -0.05) is 6.07 Å². The van der Waals surface area contributed by atoms with E-state index in [0.29, 0.717) is 39.9 Å². The van der Waals surface area contributed by atoms with E-state index in [-0.39, 0.29) is 24.1 Å². The molecule has 1 fully saturated rings. The van der Waals surface area contributed by atoms with Crippen LogP contribution in [0.1, 0.15) is 70.1 Å². The Balaban J connectivity index is 1.54. The summed E-state index contributed by atoms with van der Waals surface area (Å²) < 4.78 is 32.7. The number of aromatic amines is 1. The number of carbonyl (C=O) groups is 1. The predicted octanol–water partition coefficient (Wildman–Crippen LogP) is 5.77. The van der Waals surface area contributed by atoms with E-state index < -0.39 is 11.7 Å². The van der Waals surface area contributed by atoms with E-state index in [1.54, 1.807) is 31.0 Å². The molecule has 1 aliphatic carbocycles. The third-order valence-corrected chi connectivity index (χ3v) is 9.01. The lowest BCUT2D eigenvalue weighted by Crippen LogP contribution is -2.29. The number of H-pyrrole nitrogens is 1. The maximum Gasteiger partial charge on any atom is 0.254 e. The Labute approximate surface area is 243 Å². The van der Waals surface area contributed by atoms with Crippen LogP contribution < -0.4 is 10.9 Å². The largest absolute Gasteiger partial charge is 0.381 e. The van der Waals surface area contributed by atoms with Gasteiger partial charge in [-0.05, 0) is 82.3 Å². The lowest BCUT2D eigenvalue weighted by atomic mass is 9.83. The molecular formula is C31H39N5O3S.